The summed E-state index contributed by atoms with van der Waals surface area (Å²) in [5.74, 6) is 2.19. The van der Waals surface area contributed by atoms with Gasteiger partial charge in [-0.25, -0.2) is 19.6 Å². The normalized spacial score (nSPS) is 12.7. The van der Waals surface area contributed by atoms with Crippen LogP contribution in [-0.4, -0.2) is 57.4 Å². The summed E-state index contributed by atoms with van der Waals surface area (Å²) in [7, 11) is 0. The number of aromatic nitrogens is 8. The van der Waals surface area contributed by atoms with Crippen LogP contribution < -0.4 is 25.4 Å². The zero-order chi connectivity index (χ0) is 32.8. The molecular formula is C29H24Br2ClN11O4. The standard InChI is InChI=1S/C17H17BrN6O2.C12H7BrClN5O2/c18-13-10-20-24-15(23-17(25)26-12-6-3-7-19-9-12)8-14(22-16(13)24)21-11-4-1-2-5-11;13-8-6-16-19-10(4-9(14)17-11(8)19)18-12(20)21-7-2-1-3-15-5-7/h3,6-11H,1-2,4-5H2,(H,21,22)(H,23,25);1-6H,(H,18,20). The van der Waals surface area contributed by atoms with Crippen molar-refractivity contribution in [3.63, 3.8) is 0 Å². The Morgan fingerprint density at radius 1 is 0.787 bits per heavy atom. The number of anilines is 3. The second kappa shape index (κ2) is 14.7. The molecular weight excluding hydrogens is 762 g/mol. The zero-order valence-corrected chi connectivity index (χ0v) is 28.1. The molecule has 15 nitrogen and oxygen atoms in total. The molecule has 1 fully saturated rings. The number of fused-ring (bicyclic) bond motifs is 2. The molecule has 0 aliphatic heterocycles. The smallest absolute Gasteiger partial charge is 0.408 e. The minimum absolute atomic E-state index is 0.223. The van der Waals surface area contributed by atoms with Crippen LogP contribution in [0.1, 0.15) is 25.7 Å². The van der Waals surface area contributed by atoms with Crippen LogP contribution in [0.2, 0.25) is 5.15 Å². The summed E-state index contributed by atoms with van der Waals surface area (Å²) in [4.78, 5) is 40.6. The van der Waals surface area contributed by atoms with Crippen LogP contribution in [0.5, 0.6) is 11.5 Å². The number of nitrogens with one attached hydrogen (secondary N) is 3. The molecule has 6 aromatic rings. The lowest BCUT2D eigenvalue weighted by Crippen LogP contribution is -2.20. The van der Waals surface area contributed by atoms with Crippen molar-refractivity contribution in [2.75, 3.05) is 16.0 Å². The van der Waals surface area contributed by atoms with Crippen LogP contribution in [-0.2, 0) is 0 Å². The van der Waals surface area contributed by atoms with E-state index in [1.165, 1.54) is 35.8 Å². The van der Waals surface area contributed by atoms with E-state index in [0.29, 0.717) is 50.8 Å². The molecule has 0 bridgehead atoms. The first kappa shape index (κ1) is 32.1. The van der Waals surface area contributed by atoms with E-state index >= 15 is 0 Å². The molecule has 0 saturated heterocycles. The summed E-state index contributed by atoms with van der Waals surface area (Å²) < 4.78 is 14.7. The maximum absolute atomic E-state index is 12.2. The Labute approximate surface area is 288 Å². The highest BCUT2D eigenvalue weighted by molar-refractivity contribution is 9.11. The first-order valence-corrected chi connectivity index (χ1v) is 16.1. The van der Waals surface area contributed by atoms with Gasteiger partial charge in [0.2, 0.25) is 0 Å². The number of ether oxygens (including phenoxy) is 2. The lowest BCUT2D eigenvalue weighted by atomic mass is 10.2. The third-order valence-corrected chi connectivity index (χ3v) is 8.00. The van der Waals surface area contributed by atoms with Gasteiger partial charge in [-0.2, -0.15) is 19.2 Å². The third-order valence-electron chi connectivity index (χ3n) is 6.68. The number of nitrogens with zero attached hydrogens (tertiary/aromatic N) is 8. The molecule has 1 aliphatic rings. The molecule has 6 aromatic heterocycles. The quantitative estimate of drug-likeness (QED) is 0.148. The largest absolute Gasteiger partial charge is 0.418 e. The second-order valence-corrected chi connectivity index (χ2v) is 12.1. The Hall–Kier alpha value is -4.87. The Morgan fingerprint density at radius 3 is 1.85 bits per heavy atom. The van der Waals surface area contributed by atoms with Gasteiger partial charge in [0.1, 0.15) is 22.6 Å². The first-order chi connectivity index (χ1) is 22.8. The lowest BCUT2D eigenvalue weighted by Gasteiger charge is -2.15. The molecule has 0 unspecified atom stereocenters. The molecule has 6 heterocycles. The zero-order valence-electron chi connectivity index (χ0n) is 24.2. The van der Waals surface area contributed by atoms with Gasteiger partial charge in [0.05, 0.1) is 33.7 Å². The number of carbonyl (C=O) groups excluding carboxylic acids is 2. The molecule has 1 aliphatic carbocycles. The lowest BCUT2D eigenvalue weighted by molar-refractivity contribution is 0.214. The van der Waals surface area contributed by atoms with E-state index in [1.54, 1.807) is 59.6 Å². The number of hydrogen-bond donors (Lipinski definition) is 3. The molecule has 3 N–H and O–H groups in total. The molecule has 2 amide bonds. The van der Waals surface area contributed by atoms with E-state index in [1.807, 2.05) is 0 Å². The highest BCUT2D eigenvalue weighted by atomic mass is 79.9. The molecule has 0 atom stereocenters. The monoisotopic (exact) mass is 783 g/mol. The van der Waals surface area contributed by atoms with Gasteiger partial charge in [-0.1, -0.05) is 24.4 Å². The number of carbonyl (C=O) groups is 2. The van der Waals surface area contributed by atoms with Crippen molar-refractivity contribution in [3.8, 4) is 11.5 Å². The predicted molar refractivity (Wildman–Crippen MR) is 180 cm³/mol. The van der Waals surface area contributed by atoms with Crippen molar-refractivity contribution in [1.29, 1.82) is 0 Å². The Bertz CT molecular complexity index is 2020. The highest BCUT2D eigenvalue weighted by Gasteiger charge is 2.18. The van der Waals surface area contributed by atoms with Crippen LogP contribution in [0, 0.1) is 0 Å². The molecule has 0 aromatic carbocycles. The van der Waals surface area contributed by atoms with Crippen molar-refractivity contribution in [3.05, 3.63) is 87.7 Å². The maximum Gasteiger partial charge on any atom is 0.418 e. The van der Waals surface area contributed by atoms with Crippen LogP contribution in [0.15, 0.2) is 82.5 Å². The summed E-state index contributed by atoms with van der Waals surface area (Å²) >= 11 is 12.7. The summed E-state index contributed by atoms with van der Waals surface area (Å²) in [5.41, 5.74) is 1.10. The van der Waals surface area contributed by atoms with Crippen molar-refractivity contribution >= 4 is 84.4 Å². The van der Waals surface area contributed by atoms with Crippen molar-refractivity contribution < 1.29 is 19.1 Å². The average molecular weight is 786 g/mol. The minimum Gasteiger partial charge on any atom is -0.408 e. The Morgan fingerprint density at radius 2 is 1.32 bits per heavy atom. The van der Waals surface area contributed by atoms with E-state index in [4.69, 9.17) is 21.1 Å². The fourth-order valence-corrected chi connectivity index (χ4v) is 5.54. The van der Waals surface area contributed by atoms with Gasteiger partial charge in [-0.05, 0) is 69.0 Å². The Balaban J connectivity index is 0.000000168. The average Bonchev–Trinajstić information content (AvgIpc) is 3.80. The molecule has 18 heteroatoms. The van der Waals surface area contributed by atoms with Gasteiger partial charge in [0.15, 0.2) is 22.8 Å². The number of pyridine rings is 2. The summed E-state index contributed by atoms with van der Waals surface area (Å²) in [5, 5.41) is 17.3. The molecule has 47 heavy (non-hydrogen) atoms. The van der Waals surface area contributed by atoms with Gasteiger partial charge in [0, 0.05) is 30.6 Å². The van der Waals surface area contributed by atoms with E-state index in [2.05, 4.69) is 77.9 Å². The Kier molecular flexibility index (Phi) is 10.0. The second-order valence-electron chi connectivity index (χ2n) is 9.98. The highest BCUT2D eigenvalue weighted by Crippen LogP contribution is 2.26. The molecule has 0 radical (unpaired) electrons. The molecule has 1 saturated carbocycles. The maximum atomic E-state index is 12.2. The van der Waals surface area contributed by atoms with Gasteiger partial charge >= 0.3 is 12.2 Å². The third kappa shape index (κ3) is 8.11. The van der Waals surface area contributed by atoms with Gasteiger partial charge in [0.25, 0.3) is 0 Å². The van der Waals surface area contributed by atoms with E-state index < -0.39 is 12.2 Å². The topological polar surface area (TPSA) is 175 Å². The molecule has 0 spiro atoms. The van der Waals surface area contributed by atoms with Gasteiger partial charge < -0.3 is 14.8 Å². The number of halogens is 3. The summed E-state index contributed by atoms with van der Waals surface area (Å²) in [6, 6.07) is 10.3. The van der Waals surface area contributed by atoms with Crippen LogP contribution in [0.4, 0.5) is 27.0 Å². The van der Waals surface area contributed by atoms with Gasteiger partial charge in [-0.3, -0.25) is 20.6 Å². The predicted octanol–water partition coefficient (Wildman–Crippen LogP) is 7.00. The molecule has 240 valence electrons. The number of hydrogen-bond acceptors (Lipinski definition) is 11. The number of rotatable bonds is 6. The minimum atomic E-state index is -0.682. The van der Waals surface area contributed by atoms with Crippen molar-refractivity contribution in [1.82, 2.24) is 39.2 Å². The van der Waals surface area contributed by atoms with E-state index in [9.17, 15) is 9.59 Å². The molecule has 7 rings (SSSR count). The first-order valence-electron chi connectivity index (χ1n) is 14.1. The summed E-state index contributed by atoms with van der Waals surface area (Å²) in [6.45, 7) is 0. The van der Waals surface area contributed by atoms with Crippen LogP contribution in [0.3, 0.4) is 0 Å². The van der Waals surface area contributed by atoms with Crippen LogP contribution >= 0.6 is 43.5 Å². The fraction of sp³-hybridized carbons (Fsp3) is 0.172. The van der Waals surface area contributed by atoms with E-state index in [0.717, 1.165) is 17.3 Å². The number of amides is 2. The van der Waals surface area contributed by atoms with Gasteiger partial charge in [-0.15, -0.1) is 0 Å². The summed E-state index contributed by atoms with van der Waals surface area (Å²) in [6.07, 6.45) is 12.7. The van der Waals surface area contributed by atoms with Crippen molar-refractivity contribution in [2.24, 2.45) is 0 Å². The fourth-order valence-electron chi connectivity index (χ4n) is 4.66. The SMILES string of the molecule is O=C(Nc1cc(Cl)nc2c(Br)cnn12)Oc1cccnc1.O=C(Nc1cc(NC2CCCC2)nc2c(Br)cnn12)Oc1cccnc1. The van der Waals surface area contributed by atoms with Crippen LogP contribution in [0.25, 0.3) is 11.3 Å². The van der Waals surface area contributed by atoms with Crippen molar-refractivity contribution in [2.45, 2.75) is 31.7 Å². The van der Waals surface area contributed by atoms with E-state index in [-0.39, 0.29) is 5.15 Å².